The second-order valence-corrected chi connectivity index (χ2v) is 6.31. The lowest BCUT2D eigenvalue weighted by Crippen LogP contribution is -2.33. The molecule has 3 heterocycles. The molecule has 0 saturated carbocycles. The Bertz CT molecular complexity index is 938. The first-order valence-electron chi connectivity index (χ1n) is 8.72. The lowest BCUT2D eigenvalue weighted by atomic mass is 10.1. The lowest BCUT2D eigenvalue weighted by Gasteiger charge is -2.20. The molecule has 2 aromatic heterocycles. The van der Waals surface area contributed by atoms with E-state index in [1.807, 2.05) is 35.2 Å². The molecular formula is C20H20N4O. The molecule has 1 aromatic carbocycles. The zero-order valence-corrected chi connectivity index (χ0v) is 14.3. The molecule has 3 aromatic rings. The first kappa shape index (κ1) is 15.7. The van der Waals surface area contributed by atoms with Crippen LogP contribution in [0.5, 0.6) is 0 Å². The van der Waals surface area contributed by atoms with Crippen molar-refractivity contribution in [3.05, 3.63) is 65.4 Å². The van der Waals surface area contributed by atoms with Gasteiger partial charge in [-0.05, 0) is 30.5 Å². The summed E-state index contributed by atoms with van der Waals surface area (Å²) in [5.41, 5.74) is 4.96. The lowest BCUT2D eigenvalue weighted by molar-refractivity contribution is 0.0762. The number of carbonyl (C=O) groups is 1. The number of nitrogens with zero attached hydrogens (tertiary/aromatic N) is 4. The molecule has 126 valence electrons. The van der Waals surface area contributed by atoms with Crippen LogP contribution in [0.4, 0.5) is 0 Å². The van der Waals surface area contributed by atoms with Crippen LogP contribution in [0.3, 0.4) is 0 Å². The van der Waals surface area contributed by atoms with Crippen molar-refractivity contribution >= 4 is 16.8 Å². The molecule has 1 aliphatic heterocycles. The number of amides is 1. The zero-order valence-electron chi connectivity index (χ0n) is 14.3. The fraction of sp³-hybridized carbons (Fsp3) is 0.300. The molecular weight excluding hydrogens is 312 g/mol. The maximum atomic E-state index is 13.0. The Morgan fingerprint density at radius 3 is 2.84 bits per heavy atom. The van der Waals surface area contributed by atoms with Crippen LogP contribution in [-0.2, 0) is 19.3 Å². The smallest absolute Gasteiger partial charge is 0.255 e. The van der Waals surface area contributed by atoms with Gasteiger partial charge in [0.2, 0.25) is 0 Å². The van der Waals surface area contributed by atoms with Gasteiger partial charge in [-0.2, -0.15) is 0 Å². The molecule has 1 aliphatic rings. The second-order valence-electron chi connectivity index (χ2n) is 6.31. The van der Waals surface area contributed by atoms with Gasteiger partial charge in [0.15, 0.2) is 0 Å². The van der Waals surface area contributed by atoms with Crippen molar-refractivity contribution < 1.29 is 4.79 Å². The number of aromatic nitrogens is 3. The molecule has 0 bridgehead atoms. The van der Waals surface area contributed by atoms with E-state index >= 15 is 0 Å². The molecule has 0 aliphatic carbocycles. The van der Waals surface area contributed by atoms with Gasteiger partial charge in [-0.15, -0.1) is 0 Å². The van der Waals surface area contributed by atoms with E-state index in [0.717, 1.165) is 41.6 Å². The van der Waals surface area contributed by atoms with Crippen LogP contribution in [0.2, 0.25) is 0 Å². The molecule has 5 nitrogen and oxygen atoms in total. The van der Waals surface area contributed by atoms with E-state index < -0.39 is 0 Å². The summed E-state index contributed by atoms with van der Waals surface area (Å²) in [4.78, 5) is 28.1. The minimum absolute atomic E-state index is 0.0390. The Balaban J connectivity index is 1.59. The van der Waals surface area contributed by atoms with Crippen molar-refractivity contribution in [1.82, 2.24) is 19.9 Å². The molecule has 0 unspecified atom stereocenters. The number of rotatable bonds is 2. The normalized spacial score (nSPS) is 14.2. The third-order valence-corrected chi connectivity index (χ3v) is 4.83. The number of hydrogen-bond acceptors (Lipinski definition) is 4. The van der Waals surface area contributed by atoms with E-state index in [2.05, 4.69) is 21.9 Å². The van der Waals surface area contributed by atoms with Crippen molar-refractivity contribution in [2.45, 2.75) is 26.2 Å². The van der Waals surface area contributed by atoms with Crippen LogP contribution < -0.4 is 0 Å². The average Bonchev–Trinajstić information content (AvgIpc) is 2.89. The molecule has 5 heteroatoms. The van der Waals surface area contributed by atoms with Gasteiger partial charge in [0.25, 0.3) is 5.91 Å². The van der Waals surface area contributed by atoms with Crippen LogP contribution in [0.15, 0.2) is 42.9 Å². The summed E-state index contributed by atoms with van der Waals surface area (Å²) in [6.07, 6.45) is 5.81. The topological polar surface area (TPSA) is 59.0 Å². The summed E-state index contributed by atoms with van der Waals surface area (Å²) >= 11 is 0. The maximum Gasteiger partial charge on any atom is 0.255 e. The number of aryl methyl sites for hydroxylation is 1. The number of carbonyl (C=O) groups excluding carboxylic acids is 1. The molecule has 25 heavy (non-hydrogen) atoms. The van der Waals surface area contributed by atoms with E-state index in [-0.39, 0.29) is 5.91 Å². The standard InChI is InChI=1S/C20H20N4O/c1-2-17-16-7-9-24(10-8-19(16)23-13-22-17)20(25)15-11-14-5-3-4-6-18(14)21-12-15/h3-6,11-13H,2,7-10H2,1H3. The van der Waals surface area contributed by atoms with Gasteiger partial charge in [0, 0.05) is 42.5 Å². The van der Waals surface area contributed by atoms with Crippen LogP contribution in [-0.4, -0.2) is 38.8 Å². The predicted molar refractivity (Wildman–Crippen MR) is 96.5 cm³/mol. The Morgan fingerprint density at radius 2 is 1.96 bits per heavy atom. The van der Waals surface area contributed by atoms with Crippen LogP contribution in [0.1, 0.15) is 34.2 Å². The fourth-order valence-corrected chi connectivity index (χ4v) is 3.47. The SMILES string of the molecule is CCc1ncnc2c1CCN(C(=O)c1cnc3ccccc3c1)CC2. The predicted octanol–water partition coefficient (Wildman–Crippen LogP) is 2.83. The van der Waals surface area contributed by atoms with Crippen LogP contribution >= 0.6 is 0 Å². The van der Waals surface area contributed by atoms with Crippen molar-refractivity contribution in [3.8, 4) is 0 Å². The number of pyridine rings is 1. The van der Waals surface area contributed by atoms with Crippen LogP contribution in [0, 0.1) is 0 Å². The molecule has 0 spiro atoms. The van der Waals surface area contributed by atoms with Gasteiger partial charge in [0.1, 0.15) is 6.33 Å². The monoisotopic (exact) mass is 332 g/mol. The Labute approximate surface area is 146 Å². The molecule has 0 fully saturated rings. The van der Waals surface area contributed by atoms with Gasteiger partial charge >= 0.3 is 0 Å². The number of para-hydroxylation sites is 1. The summed E-state index contributed by atoms with van der Waals surface area (Å²) in [5, 5.41) is 0.991. The minimum atomic E-state index is 0.0390. The summed E-state index contributed by atoms with van der Waals surface area (Å²) in [6, 6.07) is 9.79. The largest absolute Gasteiger partial charge is 0.338 e. The van der Waals surface area contributed by atoms with E-state index in [1.165, 1.54) is 5.56 Å². The minimum Gasteiger partial charge on any atom is -0.338 e. The zero-order chi connectivity index (χ0) is 17.2. The number of hydrogen-bond donors (Lipinski definition) is 0. The molecule has 1 amide bonds. The highest BCUT2D eigenvalue weighted by atomic mass is 16.2. The Hall–Kier alpha value is -2.82. The number of benzene rings is 1. The van der Waals surface area contributed by atoms with Gasteiger partial charge in [0.05, 0.1) is 11.1 Å². The van der Waals surface area contributed by atoms with E-state index in [1.54, 1.807) is 12.5 Å². The van der Waals surface area contributed by atoms with Gasteiger partial charge in [-0.25, -0.2) is 9.97 Å². The van der Waals surface area contributed by atoms with Gasteiger partial charge in [-0.1, -0.05) is 25.1 Å². The highest BCUT2D eigenvalue weighted by molar-refractivity contribution is 5.97. The molecule has 4 rings (SSSR count). The van der Waals surface area contributed by atoms with E-state index in [9.17, 15) is 4.79 Å². The van der Waals surface area contributed by atoms with Crippen molar-refractivity contribution in [2.24, 2.45) is 0 Å². The summed E-state index contributed by atoms with van der Waals surface area (Å²) in [5.74, 6) is 0.0390. The van der Waals surface area contributed by atoms with Gasteiger partial charge < -0.3 is 4.90 Å². The average molecular weight is 332 g/mol. The number of fused-ring (bicyclic) bond motifs is 2. The maximum absolute atomic E-state index is 13.0. The Kier molecular flexibility index (Phi) is 4.14. The van der Waals surface area contributed by atoms with Gasteiger partial charge in [-0.3, -0.25) is 9.78 Å². The second kappa shape index (κ2) is 6.59. The third kappa shape index (κ3) is 2.97. The van der Waals surface area contributed by atoms with Crippen molar-refractivity contribution in [3.63, 3.8) is 0 Å². The Morgan fingerprint density at radius 1 is 1.12 bits per heavy atom. The molecule has 0 atom stereocenters. The highest BCUT2D eigenvalue weighted by Gasteiger charge is 2.22. The van der Waals surface area contributed by atoms with E-state index in [0.29, 0.717) is 18.7 Å². The highest BCUT2D eigenvalue weighted by Crippen LogP contribution is 2.19. The third-order valence-electron chi connectivity index (χ3n) is 4.83. The first-order chi connectivity index (χ1) is 12.3. The van der Waals surface area contributed by atoms with Crippen molar-refractivity contribution in [2.75, 3.05) is 13.1 Å². The van der Waals surface area contributed by atoms with Crippen LogP contribution in [0.25, 0.3) is 10.9 Å². The molecule has 0 radical (unpaired) electrons. The summed E-state index contributed by atoms with van der Waals surface area (Å²) in [6.45, 7) is 3.48. The van der Waals surface area contributed by atoms with E-state index in [4.69, 9.17) is 0 Å². The van der Waals surface area contributed by atoms with Crippen molar-refractivity contribution in [1.29, 1.82) is 0 Å². The molecule has 0 saturated heterocycles. The summed E-state index contributed by atoms with van der Waals surface area (Å²) in [7, 11) is 0. The summed E-state index contributed by atoms with van der Waals surface area (Å²) < 4.78 is 0. The fourth-order valence-electron chi connectivity index (χ4n) is 3.47. The molecule has 0 N–H and O–H groups in total. The first-order valence-corrected chi connectivity index (χ1v) is 8.72. The quantitative estimate of drug-likeness (QED) is 0.724.